The van der Waals surface area contributed by atoms with Crippen molar-refractivity contribution in [1.82, 2.24) is 4.98 Å². The molecule has 0 unspecified atom stereocenters. The molecule has 0 radical (unpaired) electrons. The van der Waals surface area contributed by atoms with Gasteiger partial charge in [-0.2, -0.15) is 0 Å². The maximum Gasteiger partial charge on any atom is 0.266 e. The lowest BCUT2D eigenvalue weighted by molar-refractivity contribution is 0.150. The summed E-state index contributed by atoms with van der Waals surface area (Å²) in [4.78, 5) is 2.92. The van der Waals surface area contributed by atoms with Crippen LogP contribution in [0, 0.1) is 3.70 Å². The molecule has 0 atom stereocenters. The van der Waals surface area contributed by atoms with Gasteiger partial charge in [-0.1, -0.05) is 11.6 Å². The number of halogens is 4. The Morgan fingerprint density at radius 2 is 2.07 bits per heavy atom. The number of hydrogen-bond donors (Lipinski definition) is 1. The SMILES string of the molecule is NS(=O)(=O)c1c(I)ncc(C(F)F)c1Cl. The zero-order chi connectivity index (χ0) is 11.8. The molecule has 0 saturated carbocycles. The van der Waals surface area contributed by atoms with Crippen molar-refractivity contribution in [3.8, 4) is 0 Å². The van der Waals surface area contributed by atoms with E-state index in [0.29, 0.717) is 0 Å². The number of rotatable bonds is 2. The van der Waals surface area contributed by atoms with Crippen LogP contribution in [-0.4, -0.2) is 13.4 Å². The first-order valence-electron chi connectivity index (χ1n) is 3.40. The molecule has 0 aliphatic heterocycles. The minimum absolute atomic E-state index is 0.0375. The van der Waals surface area contributed by atoms with Gasteiger partial charge in [0.1, 0.15) is 8.60 Å². The van der Waals surface area contributed by atoms with Crippen LogP contribution < -0.4 is 5.14 Å². The fraction of sp³-hybridized carbons (Fsp3) is 0.167. The van der Waals surface area contributed by atoms with Crippen molar-refractivity contribution in [2.24, 2.45) is 5.14 Å². The van der Waals surface area contributed by atoms with E-state index in [2.05, 4.69) is 4.98 Å². The second kappa shape index (κ2) is 4.44. The Morgan fingerprint density at radius 1 is 1.53 bits per heavy atom. The van der Waals surface area contributed by atoms with Crippen molar-refractivity contribution in [3.05, 3.63) is 20.5 Å². The van der Waals surface area contributed by atoms with E-state index >= 15 is 0 Å². The van der Waals surface area contributed by atoms with Crippen LogP contribution >= 0.6 is 34.2 Å². The van der Waals surface area contributed by atoms with Gasteiger partial charge >= 0.3 is 0 Å². The van der Waals surface area contributed by atoms with E-state index in [9.17, 15) is 17.2 Å². The largest absolute Gasteiger partial charge is 0.266 e. The fourth-order valence-corrected chi connectivity index (χ4v) is 3.55. The maximum atomic E-state index is 12.4. The monoisotopic (exact) mass is 368 g/mol. The summed E-state index contributed by atoms with van der Waals surface area (Å²) < 4.78 is 46.8. The van der Waals surface area contributed by atoms with Crippen LogP contribution in [0.3, 0.4) is 0 Å². The molecule has 1 aromatic rings. The third-order valence-electron chi connectivity index (χ3n) is 1.48. The molecule has 4 nitrogen and oxygen atoms in total. The lowest BCUT2D eigenvalue weighted by Crippen LogP contribution is -2.16. The predicted octanol–water partition coefficient (Wildman–Crippen LogP) is 1.92. The summed E-state index contributed by atoms with van der Waals surface area (Å²) in [5.74, 6) is 0. The third kappa shape index (κ3) is 2.74. The second-order valence-electron chi connectivity index (χ2n) is 2.49. The number of primary sulfonamides is 1. The first kappa shape index (κ1) is 13.0. The number of nitrogens with zero attached hydrogens (tertiary/aromatic N) is 1. The van der Waals surface area contributed by atoms with Crippen LogP contribution in [0.5, 0.6) is 0 Å². The van der Waals surface area contributed by atoms with Crippen molar-refractivity contribution < 1.29 is 17.2 Å². The molecule has 9 heteroatoms. The summed E-state index contributed by atoms with van der Waals surface area (Å²) in [6.07, 6.45) is -2.08. The normalized spacial score (nSPS) is 12.1. The molecule has 1 aromatic heterocycles. The van der Waals surface area contributed by atoms with Crippen LogP contribution in [-0.2, 0) is 10.0 Å². The highest BCUT2D eigenvalue weighted by Crippen LogP contribution is 2.33. The van der Waals surface area contributed by atoms with Gasteiger partial charge < -0.3 is 0 Å². The molecular weight excluding hydrogens is 364 g/mol. The smallest absolute Gasteiger partial charge is 0.248 e. The van der Waals surface area contributed by atoms with Gasteiger partial charge in [0.15, 0.2) is 0 Å². The molecule has 0 fully saturated rings. The number of aromatic nitrogens is 1. The Bertz CT molecular complexity index is 494. The van der Waals surface area contributed by atoms with E-state index in [4.69, 9.17) is 16.7 Å². The average Bonchev–Trinajstić information content (AvgIpc) is 2.00. The quantitative estimate of drug-likeness (QED) is 0.640. The molecule has 0 spiro atoms. The molecule has 0 aromatic carbocycles. The Balaban J connectivity index is 3.59. The Labute approximate surface area is 103 Å². The van der Waals surface area contributed by atoms with Gasteiger partial charge in [0.25, 0.3) is 6.43 Å². The number of alkyl halides is 2. The molecule has 0 bridgehead atoms. The molecule has 0 aliphatic rings. The third-order valence-corrected chi connectivity index (χ3v) is 4.15. The first-order valence-corrected chi connectivity index (χ1v) is 6.40. The average molecular weight is 369 g/mol. The maximum absolute atomic E-state index is 12.4. The van der Waals surface area contributed by atoms with Crippen LogP contribution in [0.15, 0.2) is 11.1 Å². The molecule has 1 rings (SSSR count). The van der Waals surface area contributed by atoms with Crippen molar-refractivity contribution in [3.63, 3.8) is 0 Å². The highest BCUT2D eigenvalue weighted by Gasteiger charge is 2.24. The summed E-state index contributed by atoms with van der Waals surface area (Å²) in [5.41, 5.74) is -0.652. The van der Waals surface area contributed by atoms with Crippen LogP contribution in [0.25, 0.3) is 0 Å². The van der Waals surface area contributed by atoms with Crippen molar-refractivity contribution in [2.75, 3.05) is 0 Å². The Morgan fingerprint density at radius 3 is 2.47 bits per heavy atom. The van der Waals surface area contributed by atoms with Gasteiger partial charge in [-0.25, -0.2) is 27.3 Å². The standard InChI is InChI=1S/C6H4ClF2IN2O2S/c7-3-2(5(8)9)1-12-6(10)4(3)15(11,13)14/h1,5H,(H2,11,13,14). The van der Waals surface area contributed by atoms with Gasteiger partial charge in [-0.15, -0.1) is 0 Å². The van der Waals surface area contributed by atoms with Gasteiger partial charge in [0.2, 0.25) is 10.0 Å². The zero-order valence-corrected chi connectivity index (χ0v) is 10.6. The fourth-order valence-electron chi connectivity index (χ4n) is 0.858. The summed E-state index contributed by atoms with van der Waals surface area (Å²) in [6, 6.07) is 0. The summed E-state index contributed by atoms with van der Waals surface area (Å²) in [7, 11) is -4.16. The second-order valence-corrected chi connectivity index (χ2v) is 5.39. The van der Waals surface area contributed by atoms with Crippen molar-refractivity contribution >= 4 is 44.2 Å². The lowest BCUT2D eigenvalue weighted by Gasteiger charge is -2.08. The van der Waals surface area contributed by atoms with Crippen LogP contribution in [0.1, 0.15) is 12.0 Å². The van der Waals surface area contributed by atoms with E-state index in [0.717, 1.165) is 6.20 Å². The number of pyridine rings is 1. The first-order chi connectivity index (χ1) is 6.75. The molecule has 1 heterocycles. The molecule has 2 N–H and O–H groups in total. The minimum Gasteiger partial charge on any atom is -0.248 e. The van der Waals surface area contributed by atoms with Crippen molar-refractivity contribution in [2.45, 2.75) is 11.3 Å². The predicted molar refractivity (Wildman–Crippen MR) is 58.3 cm³/mol. The van der Waals surface area contributed by atoms with E-state index in [1.165, 1.54) is 0 Å². The number of sulfonamides is 1. The molecule has 0 aliphatic carbocycles. The molecule has 15 heavy (non-hydrogen) atoms. The van der Waals surface area contributed by atoms with Gasteiger partial charge in [0.05, 0.1) is 10.6 Å². The summed E-state index contributed by atoms with van der Waals surface area (Å²) in [6.45, 7) is 0. The van der Waals surface area contributed by atoms with Crippen LogP contribution in [0.2, 0.25) is 5.02 Å². The lowest BCUT2D eigenvalue weighted by atomic mass is 10.3. The van der Waals surface area contributed by atoms with Gasteiger partial charge in [0, 0.05) is 6.20 Å². The zero-order valence-electron chi connectivity index (χ0n) is 6.92. The molecule has 0 saturated heterocycles. The molecule has 84 valence electrons. The van der Waals surface area contributed by atoms with Gasteiger partial charge in [-0.05, 0) is 22.6 Å². The van der Waals surface area contributed by atoms with Crippen LogP contribution in [0.4, 0.5) is 8.78 Å². The molecule has 0 amide bonds. The van der Waals surface area contributed by atoms with E-state index in [-0.39, 0.29) is 3.70 Å². The highest BCUT2D eigenvalue weighted by molar-refractivity contribution is 14.1. The minimum atomic E-state index is -4.16. The van der Waals surface area contributed by atoms with Crippen molar-refractivity contribution in [1.29, 1.82) is 0 Å². The summed E-state index contributed by atoms with van der Waals surface area (Å²) >= 11 is 7.06. The Kier molecular flexibility index (Phi) is 3.85. The number of hydrogen-bond acceptors (Lipinski definition) is 3. The topological polar surface area (TPSA) is 73.1 Å². The molecular formula is C6H4ClF2IN2O2S. The number of nitrogens with two attached hydrogens (primary N) is 1. The van der Waals surface area contributed by atoms with E-state index in [1.807, 2.05) is 0 Å². The van der Waals surface area contributed by atoms with Gasteiger partial charge in [-0.3, -0.25) is 0 Å². The van der Waals surface area contributed by atoms with E-state index < -0.39 is 31.9 Å². The Hall–Kier alpha value is -0.0600. The van der Waals surface area contributed by atoms with E-state index in [1.54, 1.807) is 22.6 Å². The highest BCUT2D eigenvalue weighted by atomic mass is 127. The summed E-state index contributed by atoms with van der Waals surface area (Å²) in [5, 5.41) is 4.25.